The molecule has 2 aliphatic rings. The van der Waals surface area contributed by atoms with Gasteiger partial charge in [-0.25, -0.2) is 20.0 Å². The van der Waals surface area contributed by atoms with E-state index in [-0.39, 0.29) is 0 Å². The van der Waals surface area contributed by atoms with E-state index in [0.717, 1.165) is 33.1 Å². The Morgan fingerprint density at radius 1 is 0.688 bits per heavy atom. The maximum absolute atomic E-state index is 4.28. The van der Waals surface area contributed by atoms with Gasteiger partial charge in [-0.05, 0) is 0 Å². The van der Waals surface area contributed by atoms with Gasteiger partial charge in [0.05, 0.1) is 0 Å². The van der Waals surface area contributed by atoms with Gasteiger partial charge >= 0.3 is 0 Å². The van der Waals surface area contributed by atoms with E-state index in [1.807, 2.05) is 0 Å². The lowest BCUT2D eigenvalue weighted by molar-refractivity contribution is 1.25. The molecular formula is C10H4N6. The third-order valence-electron chi connectivity index (χ3n) is 2.57. The van der Waals surface area contributed by atoms with E-state index in [2.05, 4.69) is 29.9 Å². The highest BCUT2D eigenvalue weighted by Gasteiger charge is 2.17. The fourth-order valence-electron chi connectivity index (χ4n) is 1.91. The van der Waals surface area contributed by atoms with E-state index in [4.69, 9.17) is 0 Å². The van der Waals surface area contributed by atoms with Crippen LogP contribution in [0.15, 0.2) is 32.4 Å². The number of aliphatic imine (C=N–C) groups is 2. The van der Waals surface area contributed by atoms with Crippen molar-refractivity contribution in [2.24, 2.45) is 20.0 Å². The normalized spacial score (nSPS) is 14.8. The summed E-state index contributed by atoms with van der Waals surface area (Å²) in [6.45, 7) is 0. The molecule has 0 amide bonds. The molecule has 0 radical (unpaired) electrons. The molecule has 0 spiro atoms. The van der Waals surface area contributed by atoms with E-state index in [0.29, 0.717) is 0 Å². The van der Waals surface area contributed by atoms with Crippen molar-refractivity contribution in [3.8, 4) is 0 Å². The molecule has 0 atom stereocenters. The average Bonchev–Trinajstić information content (AvgIpc) is 2.98. The van der Waals surface area contributed by atoms with Gasteiger partial charge in [-0.3, -0.25) is 9.97 Å². The van der Waals surface area contributed by atoms with E-state index >= 15 is 0 Å². The second-order valence-electron chi connectivity index (χ2n) is 3.40. The molecule has 16 heavy (non-hydrogen) atoms. The zero-order valence-electron chi connectivity index (χ0n) is 7.99. The Bertz CT molecular complexity index is 734. The predicted molar refractivity (Wildman–Crippen MR) is 58.2 cm³/mol. The maximum Gasteiger partial charge on any atom is 0.121 e. The second-order valence-corrected chi connectivity index (χ2v) is 3.40. The zero-order valence-corrected chi connectivity index (χ0v) is 7.99. The summed E-state index contributed by atoms with van der Waals surface area (Å²) in [6.07, 6.45) is 6.29. The van der Waals surface area contributed by atoms with Crippen molar-refractivity contribution in [2.75, 3.05) is 0 Å². The quantitative estimate of drug-likeness (QED) is 0.620. The van der Waals surface area contributed by atoms with Crippen LogP contribution < -0.4 is 10.7 Å². The lowest BCUT2D eigenvalue weighted by Gasteiger charge is -2.00. The number of benzene rings is 1. The number of fused-ring (bicyclic) bond motifs is 6. The molecule has 1 aromatic carbocycles. The highest BCUT2D eigenvalue weighted by Crippen LogP contribution is 2.25. The van der Waals surface area contributed by atoms with Crippen LogP contribution in [0.4, 0.5) is 11.4 Å². The molecule has 0 aliphatic carbocycles. The largest absolute Gasteiger partial charge is 0.251 e. The zero-order chi connectivity index (χ0) is 10.5. The molecule has 0 unspecified atom stereocenters. The Balaban J connectivity index is 2.43. The third kappa shape index (κ3) is 0.773. The van der Waals surface area contributed by atoms with Crippen LogP contribution in [-0.4, -0.2) is 22.6 Å². The average molecular weight is 208 g/mol. The molecule has 2 aromatic rings. The maximum atomic E-state index is 4.28. The fourth-order valence-corrected chi connectivity index (χ4v) is 1.91. The van der Waals surface area contributed by atoms with Crippen molar-refractivity contribution in [3.05, 3.63) is 23.1 Å². The first-order valence-electron chi connectivity index (χ1n) is 4.72. The van der Waals surface area contributed by atoms with Crippen LogP contribution in [0.3, 0.4) is 0 Å². The van der Waals surface area contributed by atoms with Gasteiger partial charge < -0.3 is 0 Å². The van der Waals surface area contributed by atoms with Crippen LogP contribution in [0, 0.1) is 0 Å². The molecule has 0 saturated heterocycles. The van der Waals surface area contributed by atoms with Crippen LogP contribution in [0.1, 0.15) is 0 Å². The molecule has 4 rings (SSSR count). The Labute approximate surface area is 88.9 Å². The van der Waals surface area contributed by atoms with Crippen molar-refractivity contribution in [2.45, 2.75) is 0 Å². The summed E-state index contributed by atoms with van der Waals surface area (Å²) >= 11 is 0. The Kier molecular flexibility index (Phi) is 1.23. The van der Waals surface area contributed by atoms with Crippen LogP contribution in [0.2, 0.25) is 0 Å². The van der Waals surface area contributed by atoms with Gasteiger partial charge in [0, 0.05) is 12.4 Å². The van der Waals surface area contributed by atoms with Crippen LogP contribution in [0.25, 0.3) is 11.0 Å². The first-order valence-corrected chi connectivity index (χ1v) is 4.72. The molecule has 74 valence electrons. The summed E-state index contributed by atoms with van der Waals surface area (Å²) in [7, 11) is 0. The van der Waals surface area contributed by atoms with Crippen molar-refractivity contribution in [1.82, 2.24) is 9.97 Å². The van der Waals surface area contributed by atoms with Gasteiger partial charge in [0.2, 0.25) is 0 Å². The minimum Gasteiger partial charge on any atom is -0.251 e. The van der Waals surface area contributed by atoms with Gasteiger partial charge in [-0.15, -0.1) is 0 Å². The van der Waals surface area contributed by atoms with Gasteiger partial charge in [0.25, 0.3) is 0 Å². The van der Waals surface area contributed by atoms with Crippen molar-refractivity contribution in [3.63, 3.8) is 0 Å². The monoisotopic (exact) mass is 208 g/mol. The highest BCUT2D eigenvalue weighted by molar-refractivity contribution is 5.97. The standard InChI is InChI=1S/C10H4N6/c1-2-12-6-5(11-1)7-9(15-3-13-7)10-8(6)14-4-16-10/h1-4H. The Morgan fingerprint density at radius 2 is 1.19 bits per heavy atom. The third-order valence-corrected chi connectivity index (χ3v) is 2.57. The molecule has 0 saturated carbocycles. The Hall–Kier alpha value is -2.50. The lowest BCUT2D eigenvalue weighted by atomic mass is 10.2. The van der Waals surface area contributed by atoms with E-state index in [1.54, 1.807) is 12.4 Å². The smallest absolute Gasteiger partial charge is 0.121 e. The SMILES string of the molecule is C1=Nc2c(c3c(c4nccnc24)N=CN=3)=N1. The molecule has 0 fully saturated rings. The fraction of sp³-hybridized carbons (Fsp3) is 0. The number of aromatic nitrogens is 2. The van der Waals surface area contributed by atoms with Crippen molar-refractivity contribution < 1.29 is 0 Å². The number of rotatable bonds is 0. The number of hydrogen-bond acceptors (Lipinski definition) is 6. The van der Waals surface area contributed by atoms with Gasteiger partial charge in [-0.1, -0.05) is 0 Å². The summed E-state index contributed by atoms with van der Waals surface area (Å²) in [5, 5.41) is 1.47. The first-order chi connectivity index (χ1) is 7.95. The number of hydrogen-bond donors (Lipinski definition) is 0. The van der Waals surface area contributed by atoms with Crippen LogP contribution in [-0.2, 0) is 0 Å². The lowest BCUT2D eigenvalue weighted by Crippen LogP contribution is -2.24. The van der Waals surface area contributed by atoms with Crippen molar-refractivity contribution >= 4 is 35.1 Å². The molecule has 3 heterocycles. The highest BCUT2D eigenvalue weighted by atomic mass is 15.0. The predicted octanol–water partition coefficient (Wildman–Crippen LogP) is 0.216. The molecule has 6 heteroatoms. The second kappa shape index (κ2) is 2.54. The van der Waals surface area contributed by atoms with E-state index < -0.39 is 0 Å². The van der Waals surface area contributed by atoms with Crippen molar-refractivity contribution in [1.29, 1.82) is 0 Å². The minimum atomic E-state index is 0.725. The number of nitrogens with zero attached hydrogens (tertiary/aromatic N) is 6. The van der Waals surface area contributed by atoms with E-state index in [1.165, 1.54) is 12.7 Å². The van der Waals surface area contributed by atoms with Gasteiger partial charge in [0.15, 0.2) is 0 Å². The molecule has 1 aromatic heterocycles. The topological polar surface area (TPSA) is 75.2 Å². The summed E-state index contributed by atoms with van der Waals surface area (Å²) < 4.78 is 0. The van der Waals surface area contributed by atoms with Gasteiger partial charge in [0.1, 0.15) is 45.8 Å². The first kappa shape index (κ1) is 7.75. The van der Waals surface area contributed by atoms with Gasteiger partial charge in [-0.2, -0.15) is 0 Å². The Morgan fingerprint density at radius 3 is 1.69 bits per heavy atom. The molecule has 2 aliphatic heterocycles. The molecule has 0 N–H and O–H groups in total. The summed E-state index contributed by atoms with van der Waals surface area (Å²) in [5.41, 5.74) is 2.92. The summed E-state index contributed by atoms with van der Waals surface area (Å²) in [5.74, 6) is 0. The van der Waals surface area contributed by atoms with Crippen LogP contribution in [0.5, 0.6) is 0 Å². The van der Waals surface area contributed by atoms with E-state index in [9.17, 15) is 0 Å². The van der Waals surface area contributed by atoms with Crippen LogP contribution >= 0.6 is 0 Å². The summed E-state index contributed by atoms with van der Waals surface area (Å²) in [4.78, 5) is 25.3. The molecule has 6 nitrogen and oxygen atoms in total. The summed E-state index contributed by atoms with van der Waals surface area (Å²) in [6, 6.07) is 0. The minimum absolute atomic E-state index is 0.725. The molecular weight excluding hydrogens is 204 g/mol. The molecule has 0 bridgehead atoms.